The Morgan fingerprint density at radius 2 is 1.87 bits per heavy atom. The van der Waals surface area contributed by atoms with Crippen LogP contribution in [0.5, 0.6) is 5.75 Å². The summed E-state index contributed by atoms with van der Waals surface area (Å²) in [5.41, 5.74) is 2.15. The number of piperidine rings is 1. The number of aliphatic hydroxyl groups is 1. The molecule has 2 heterocycles. The van der Waals surface area contributed by atoms with Crippen LogP contribution in [0.1, 0.15) is 69.4 Å². The van der Waals surface area contributed by atoms with E-state index in [-0.39, 0.29) is 6.61 Å². The number of hydrogen-bond donors (Lipinski definition) is 1. The first-order valence-corrected chi connectivity index (χ1v) is 12.7. The first-order valence-electron chi connectivity index (χ1n) is 12.7. The zero-order valence-electron chi connectivity index (χ0n) is 19.4. The molecule has 2 aliphatic heterocycles. The predicted octanol–water partition coefficient (Wildman–Crippen LogP) is 4.21. The van der Waals surface area contributed by atoms with Gasteiger partial charge in [0.25, 0.3) is 0 Å². The molecule has 0 amide bonds. The van der Waals surface area contributed by atoms with Crippen molar-refractivity contribution < 1.29 is 14.6 Å². The number of nitrogens with zero attached hydrogens (tertiary/aromatic N) is 2. The van der Waals surface area contributed by atoms with E-state index in [2.05, 4.69) is 21.9 Å². The maximum absolute atomic E-state index is 9.79. The number of benzene rings is 1. The second-order valence-corrected chi connectivity index (χ2v) is 9.78. The quantitative estimate of drug-likeness (QED) is 0.602. The largest absolute Gasteiger partial charge is 0.494 e. The van der Waals surface area contributed by atoms with Gasteiger partial charge in [0.1, 0.15) is 5.75 Å². The molecule has 0 aromatic heterocycles. The Kier molecular flexibility index (Phi) is 8.65. The van der Waals surface area contributed by atoms with Gasteiger partial charge in [-0.15, -0.1) is 0 Å². The van der Waals surface area contributed by atoms with Gasteiger partial charge in [0.2, 0.25) is 0 Å². The lowest BCUT2D eigenvalue weighted by molar-refractivity contribution is 0.0539. The minimum atomic E-state index is 0.0224. The summed E-state index contributed by atoms with van der Waals surface area (Å²) in [6, 6.07) is 7.17. The third-order valence-corrected chi connectivity index (χ3v) is 7.49. The molecule has 1 saturated carbocycles. The van der Waals surface area contributed by atoms with Gasteiger partial charge in [-0.3, -0.25) is 4.90 Å². The molecule has 0 bridgehead atoms. The summed E-state index contributed by atoms with van der Waals surface area (Å²) in [5, 5.41) is 9.79. The minimum absolute atomic E-state index is 0.0224. The molecule has 1 aromatic carbocycles. The molecule has 4 rings (SSSR count). The fourth-order valence-electron chi connectivity index (χ4n) is 5.82. The Balaban J connectivity index is 1.36. The lowest BCUT2D eigenvalue weighted by Crippen LogP contribution is -2.43. The van der Waals surface area contributed by atoms with Crippen LogP contribution in [0.2, 0.25) is 0 Å². The average molecular weight is 431 g/mol. The fraction of sp³-hybridized carbons (Fsp3) is 0.769. The Hall–Kier alpha value is -1.14. The molecule has 1 N–H and O–H groups in total. The molecule has 0 spiro atoms. The van der Waals surface area contributed by atoms with E-state index in [1.165, 1.54) is 70.0 Å². The highest BCUT2D eigenvalue weighted by atomic mass is 16.5. The van der Waals surface area contributed by atoms with Crippen LogP contribution < -0.4 is 4.74 Å². The third-order valence-electron chi connectivity index (χ3n) is 7.49. The van der Waals surface area contributed by atoms with Crippen molar-refractivity contribution in [2.45, 2.75) is 83.6 Å². The highest BCUT2D eigenvalue weighted by molar-refractivity contribution is 5.37. The van der Waals surface area contributed by atoms with Crippen molar-refractivity contribution >= 4 is 0 Å². The maximum atomic E-state index is 9.79. The molecular weight excluding hydrogens is 388 g/mol. The van der Waals surface area contributed by atoms with Gasteiger partial charge >= 0.3 is 0 Å². The first kappa shape index (κ1) is 23.0. The molecule has 1 unspecified atom stereocenters. The van der Waals surface area contributed by atoms with Crippen LogP contribution in [0.25, 0.3) is 0 Å². The standard InChI is InChI=1S/C26H42N2O3/c1-2-30-26-10-9-22(16-23(26)20-29)18-27(19-25-8-5-15-31-25)17-21-11-13-28(14-12-21)24-6-3-4-7-24/h9-10,16,21,24-25,29H,2-8,11-15,17-20H2,1H3. The van der Waals surface area contributed by atoms with Crippen molar-refractivity contribution in [3.05, 3.63) is 29.3 Å². The molecule has 5 nitrogen and oxygen atoms in total. The monoisotopic (exact) mass is 430 g/mol. The van der Waals surface area contributed by atoms with Crippen LogP contribution in [0, 0.1) is 5.92 Å². The van der Waals surface area contributed by atoms with Crippen molar-refractivity contribution in [3.63, 3.8) is 0 Å². The highest BCUT2D eigenvalue weighted by Gasteiger charge is 2.29. The summed E-state index contributed by atoms with van der Waals surface area (Å²) in [6.07, 6.45) is 11.1. The van der Waals surface area contributed by atoms with E-state index in [1.807, 2.05) is 13.0 Å². The second-order valence-electron chi connectivity index (χ2n) is 9.78. The number of aliphatic hydroxyl groups excluding tert-OH is 1. The Bertz CT molecular complexity index is 663. The van der Waals surface area contributed by atoms with Gasteiger partial charge in [-0.25, -0.2) is 0 Å². The van der Waals surface area contributed by atoms with Gasteiger partial charge in [-0.05, 0) is 82.2 Å². The SMILES string of the molecule is CCOc1ccc(CN(CC2CCN(C3CCCC3)CC2)CC2CCCO2)cc1CO. The molecule has 3 aliphatic rings. The summed E-state index contributed by atoms with van der Waals surface area (Å²) >= 11 is 0. The second kappa shape index (κ2) is 11.6. The van der Waals surface area contributed by atoms with Gasteiger partial charge in [0.05, 0.1) is 19.3 Å². The van der Waals surface area contributed by atoms with E-state index < -0.39 is 0 Å². The van der Waals surface area contributed by atoms with Gasteiger partial charge in [-0.1, -0.05) is 18.9 Å². The van der Waals surface area contributed by atoms with Crippen LogP contribution in [-0.4, -0.2) is 66.4 Å². The zero-order valence-corrected chi connectivity index (χ0v) is 19.4. The lowest BCUT2D eigenvalue weighted by atomic mass is 9.94. The van der Waals surface area contributed by atoms with E-state index >= 15 is 0 Å². The molecule has 1 aromatic rings. The summed E-state index contributed by atoms with van der Waals surface area (Å²) in [6.45, 7) is 9.19. The maximum Gasteiger partial charge on any atom is 0.124 e. The minimum Gasteiger partial charge on any atom is -0.494 e. The van der Waals surface area contributed by atoms with Crippen molar-refractivity contribution in [1.82, 2.24) is 9.80 Å². The molecule has 1 aliphatic carbocycles. The van der Waals surface area contributed by atoms with Crippen LogP contribution in [-0.2, 0) is 17.9 Å². The third kappa shape index (κ3) is 6.44. The Labute approximate surface area is 188 Å². The molecule has 2 saturated heterocycles. The van der Waals surface area contributed by atoms with Crippen molar-refractivity contribution in [2.24, 2.45) is 5.92 Å². The van der Waals surface area contributed by atoms with Gasteiger partial charge < -0.3 is 19.5 Å². The first-order chi connectivity index (χ1) is 15.2. The van der Waals surface area contributed by atoms with Crippen LogP contribution in [0.3, 0.4) is 0 Å². The molecule has 5 heteroatoms. The Morgan fingerprint density at radius 1 is 1.06 bits per heavy atom. The number of rotatable bonds is 10. The predicted molar refractivity (Wildman–Crippen MR) is 124 cm³/mol. The molecule has 174 valence electrons. The Morgan fingerprint density at radius 3 is 2.55 bits per heavy atom. The van der Waals surface area contributed by atoms with E-state index in [1.54, 1.807) is 0 Å². The molecular formula is C26H42N2O3. The van der Waals surface area contributed by atoms with Crippen molar-refractivity contribution in [2.75, 3.05) is 39.4 Å². The van der Waals surface area contributed by atoms with Gasteiger partial charge in [0.15, 0.2) is 0 Å². The van der Waals surface area contributed by atoms with E-state index in [0.717, 1.165) is 49.5 Å². The van der Waals surface area contributed by atoms with E-state index in [0.29, 0.717) is 12.7 Å². The van der Waals surface area contributed by atoms with Gasteiger partial charge in [-0.2, -0.15) is 0 Å². The van der Waals surface area contributed by atoms with E-state index in [4.69, 9.17) is 9.47 Å². The zero-order chi connectivity index (χ0) is 21.5. The average Bonchev–Trinajstić information content (AvgIpc) is 3.50. The normalized spacial score (nSPS) is 23.8. The van der Waals surface area contributed by atoms with Crippen LogP contribution >= 0.6 is 0 Å². The molecule has 0 radical (unpaired) electrons. The van der Waals surface area contributed by atoms with Crippen LogP contribution in [0.15, 0.2) is 18.2 Å². The summed E-state index contributed by atoms with van der Waals surface area (Å²) in [7, 11) is 0. The fourth-order valence-corrected chi connectivity index (χ4v) is 5.82. The summed E-state index contributed by atoms with van der Waals surface area (Å²) in [4.78, 5) is 5.39. The van der Waals surface area contributed by atoms with Gasteiger partial charge in [0, 0.05) is 37.8 Å². The molecule has 31 heavy (non-hydrogen) atoms. The van der Waals surface area contributed by atoms with Crippen LogP contribution in [0.4, 0.5) is 0 Å². The number of ether oxygens (including phenoxy) is 2. The topological polar surface area (TPSA) is 45.2 Å². The van der Waals surface area contributed by atoms with E-state index in [9.17, 15) is 5.11 Å². The van der Waals surface area contributed by atoms with Crippen molar-refractivity contribution in [1.29, 1.82) is 0 Å². The summed E-state index contributed by atoms with van der Waals surface area (Å²) in [5.74, 6) is 1.58. The summed E-state index contributed by atoms with van der Waals surface area (Å²) < 4.78 is 11.7. The molecule has 1 atom stereocenters. The number of hydrogen-bond acceptors (Lipinski definition) is 5. The smallest absolute Gasteiger partial charge is 0.124 e. The highest BCUT2D eigenvalue weighted by Crippen LogP contribution is 2.29. The number of likely N-dealkylation sites (tertiary alicyclic amines) is 1. The molecule has 3 fully saturated rings. The lowest BCUT2D eigenvalue weighted by Gasteiger charge is -2.38. The van der Waals surface area contributed by atoms with Crippen molar-refractivity contribution in [3.8, 4) is 5.75 Å².